The number of rotatable bonds is 4. The Balaban J connectivity index is 2.33. The molecule has 0 saturated carbocycles. The number of hydrogen-bond donors (Lipinski definition) is 1. The molecular formula is C14H9ClF3N3O2. The molecule has 5 nitrogen and oxygen atoms in total. The molecule has 0 heterocycles. The fourth-order valence-electron chi connectivity index (χ4n) is 1.74. The van der Waals surface area contributed by atoms with Crippen molar-refractivity contribution in [3.8, 4) is 0 Å². The zero-order valence-electron chi connectivity index (χ0n) is 11.3. The Morgan fingerprint density at radius 1 is 1.17 bits per heavy atom. The lowest BCUT2D eigenvalue weighted by molar-refractivity contribution is -0.388. The van der Waals surface area contributed by atoms with E-state index in [0.29, 0.717) is 11.8 Å². The average Bonchev–Trinajstić information content (AvgIpc) is 2.52. The van der Waals surface area contributed by atoms with Crippen molar-refractivity contribution < 1.29 is 18.1 Å². The predicted molar refractivity (Wildman–Crippen MR) is 80.6 cm³/mol. The Hall–Kier alpha value is -2.61. The molecule has 2 aromatic carbocycles. The van der Waals surface area contributed by atoms with Gasteiger partial charge in [-0.2, -0.15) is 18.3 Å². The van der Waals surface area contributed by atoms with E-state index in [-0.39, 0.29) is 10.7 Å². The molecule has 23 heavy (non-hydrogen) atoms. The summed E-state index contributed by atoms with van der Waals surface area (Å²) in [6.07, 6.45) is -4.83. The fourth-order valence-corrected chi connectivity index (χ4v) is 1.90. The van der Waals surface area contributed by atoms with Crippen molar-refractivity contribution in [3.05, 3.63) is 69.8 Å². The van der Waals surface area contributed by atoms with Crippen LogP contribution in [0.15, 0.2) is 53.6 Å². The molecule has 0 saturated heterocycles. The van der Waals surface area contributed by atoms with E-state index in [1.807, 2.05) is 0 Å². The maximum absolute atomic E-state index is 12.7. The van der Waals surface area contributed by atoms with Gasteiger partial charge >= 0.3 is 6.18 Å². The van der Waals surface area contributed by atoms with Crippen LogP contribution in [-0.2, 0) is 6.18 Å². The molecule has 1 N–H and O–H groups in total. The number of para-hydroxylation sites is 1. The van der Waals surface area contributed by atoms with Gasteiger partial charge in [0, 0.05) is 11.6 Å². The summed E-state index contributed by atoms with van der Waals surface area (Å²) in [7, 11) is 0. The third kappa shape index (κ3) is 4.19. The first kappa shape index (κ1) is 16.8. The first-order chi connectivity index (χ1) is 10.8. The van der Waals surface area contributed by atoms with Crippen molar-refractivity contribution in [2.24, 2.45) is 5.10 Å². The van der Waals surface area contributed by atoms with Gasteiger partial charge in [-0.1, -0.05) is 35.9 Å². The first-order valence-electron chi connectivity index (χ1n) is 6.19. The second-order valence-electron chi connectivity index (χ2n) is 4.37. The van der Waals surface area contributed by atoms with Crippen LogP contribution in [0, 0.1) is 10.1 Å². The van der Waals surface area contributed by atoms with Crippen LogP contribution in [0.3, 0.4) is 0 Å². The van der Waals surface area contributed by atoms with Crippen LogP contribution < -0.4 is 5.43 Å². The number of nitrogens with zero attached hydrogens (tertiary/aromatic N) is 2. The van der Waals surface area contributed by atoms with Crippen molar-refractivity contribution >= 4 is 28.1 Å². The molecule has 0 amide bonds. The van der Waals surface area contributed by atoms with Gasteiger partial charge in [0.05, 0.1) is 10.6 Å². The number of nitro benzene ring substituents is 1. The minimum Gasteiger partial charge on any atom is -0.277 e. The second-order valence-corrected chi connectivity index (χ2v) is 4.73. The van der Waals surface area contributed by atoms with Crippen LogP contribution >= 0.6 is 11.6 Å². The van der Waals surface area contributed by atoms with Gasteiger partial charge in [-0.3, -0.25) is 15.5 Å². The van der Waals surface area contributed by atoms with E-state index in [1.165, 1.54) is 0 Å². The zero-order chi connectivity index (χ0) is 17.0. The SMILES string of the molecule is O=[N+]([O-])c1cc(C(Cl)=NNc2ccccc2)ccc1C(F)(F)F. The molecule has 0 aliphatic rings. The Morgan fingerprint density at radius 3 is 2.39 bits per heavy atom. The molecule has 0 atom stereocenters. The summed E-state index contributed by atoms with van der Waals surface area (Å²) in [5, 5.41) is 14.4. The molecule has 0 unspecified atom stereocenters. The Morgan fingerprint density at radius 2 is 1.83 bits per heavy atom. The molecule has 120 valence electrons. The Kier molecular flexibility index (Phi) is 4.85. The van der Waals surface area contributed by atoms with Gasteiger partial charge in [0.1, 0.15) is 5.56 Å². The third-order valence-electron chi connectivity index (χ3n) is 2.79. The van der Waals surface area contributed by atoms with Crippen molar-refractivity contribution in [3.63, 3.8) is 0 Å². The van der Waals surface area contributed by atoms with Crippen LogP contribution in [0.25, 0.3) is 0 Å². The van der Waals surface area contributed by atoms with Gasteiger partial charge in [-0.05, 0) is 18.2 Å². The van der Waals surface area contributed by atoms with E-state index >= 15 is 0 Å². The highest BCUT2D eigenvalue weighted by atomic mass is 35.5. The number of hydrazone groups is 1. The normalized spacial score (nSPS) is 12.1. The highest BCUT2D eigenvalue weighted by molar-refractivity contribution is 6.69. The Bertz CT molecular complexity index is 749. The minimum absolute atomic E-state index is 0.00482. The third-order valence-corrected chi connectivity index (χ3v) is 3.10. The molecule has 0 fully saturated rings. The first-order valence-corrected chi connectivity index (χ1v) is 6.57. The van der Waals surface area contributed by atoms with E-state index in [0.717, 1.165) is 12.1 Å². The number of benzene rings is 2. The predicted octanol–water partition coefficient (Wildman–Crippen LogP) is 4.63. The monoisotopic (exact) mass is 343 g/mol. The average molecular weight is 344 g/mol. The summed E-state index contributed by atoms with van der Waals surface area (Å²) in [5.74, 6) is 0. The van der Waals surface area contributed by atoms with E-state index in [4.69, 9.17) is 11.6 Å². The molecule has 0 aliphatic heterocycles. The lowest BCUT2D eigenvalue weighted by Crippen LogP contribution is -2.10. The number of hydrogen-bond acceptors (Lipinski definition) is 4. The van der Waals surface area contributed by atoms with Crippen LogP contribution in [0.5, 0.6) is 0 Å². The summed E-state index contributed by atoms with van der Waals surface area (Å²) < 4.78 is 38.2. The zero-order valence-corrected chi connectivity index (χ0v) is 12.1. The molecule has 9 heteroatoms. The summed E-state index contributed by atoms with van der Waals surface area (Å²) in [6.45, 7) is 0. The summed E-state index contributed by atoms with van der Waals surface area (Å²) in [5.41, 5.74) is 0.778. The van der Waals surface area contributed by atoms with Gasteiger partial charge in [-0.25, -0.2) is 0 Å². The van der Waals surface area contributed by atoms with Crippen molar-refractivity contribution in [2.75, 3.05) is 5.43 Å². The van der Waals surface area contributed by atoms with Gasteiger partial charge < -0.3 is 0 Å². The number of alkyl halides is 3. The summed E-state index contributed by atoms with van der Waals surface area (Å²) in [4.78, 5) is 9.72. The highest BCUT2D eigenvalue weighted by Crippen LogP contribution is 2.36. The second kappa shape index (κ2) is 6.66. The fraction of sp³-hybridized carbons (Fsp3) is 0.0714. The Labute approximate surface area is 133 Å². The summed E-state index contributed by atoms with van der Waals surface area (Å²) in [6, 6.07) is 11.0. The van der Waals surface area contributed by atoms with Crippen LogP contribution in [0.2, 0.25) is 0 Å². The van der Waals surface area contributed by atoms with Gasteiger partial charge in [0.25, 0.3) is 5.69 Å². The van der Waals surface area contributed by atoms with Gasteiger partial charge in [0.15, 0.2) is 5.17 Å². The lowest BCUT2D eigenvalue weighted by atomic mass is 10.1. The van der Waals surface area contributed by atoms with E-state index in [1.54, 1.807) is 30.3 Å². The summed E-state index contributed by atoms with van der Waals surface area (Å²) >= 11 is 5.88. The highest BCUT2D eigenvalue weighted by Gasteiger charge is 2.38. The molecule has 0 aliphatic carbocycles. The van der Waals surface area contributed by atoms with E-state index in [2.05, 4.69) is 10.5 Å². The van der Waals surface area contributed by atoms with Crippen molar-refractivity contribution in [2.45, 2.75) is 6.18 Å². The minimum atomic E-state index is -4.83. The molecule has 0 radical (unpaired) electrons. The van der Waals surface area contributed by atoms with E-state index in [9.17, 15) is 23.3 Å². The smallest absolute Gasteiger partial charge is 0.277 e. The molecule has 0 spiro atoms. The maximum atomic E-state index is 12.7. The number of nitrogens with one attached hydrogen (secondary N) is 1. The van der Waals surface area contributed by atoms with Crippen LogP contribution in [0.1, 0.15) is 11.1 Å². The quantitative estimate of drug-likeness (QED) is 0.500. The van der Waals surface area contributed by atoms with Crippen LogP contribution in [0.4, 0.5) is 24.5 Å². The van der Waals surface area contributed by atoms with Gasteiger partial charge in [-0.15, -0.1) is 0 Å². The number of halogens is 4. The maximum Gasteiger partial charge on any atom is 0.422 e. The molecule has 0 aromatic heterocycles. The molecule has 0 bridgehead atoms. The molecule has 2 aromatic rings. The number of anilines is 1. The molecular weight excluding hydrogens is 335 g/mol. The van der Waals surface area contributed by atoms with Crippen molar-refractivity contribution in [1.82, 2.24) is 0 Å². The van der Waals surface area contributed by atoms with Gasteiger partial charge in [0.2, 0.25) is 0 Å². The topological polar surface area (TPSA) is 67.5 Å². The van der Waals surface area contributed by atoms with E-state index < -0.39 is 22.4 Å². The van der Waals surface area contributed by atoms with Crippen molar-refractivity contribution in [1.29, 1.82) is 0 Å². The standard InChI is InChI=1S/C14H9ClF3N3O2/c15-13(20-19-10-4-2-1-3-5-10)9-6-7-11(14(16,17)18)12(8-9)21(22)23/h1-8,19H. The van der Waals surface area contributed by atoms with Crippen LogP contribution in [-0.4, -0.2) is 10.1 Å². The number of nitro groups is 1. The largest absolute Gasteiger partial charge is 0.422 e. The molecule has 2 rings (SSSR count). The lowest BCUT2D eigenvalue weighted by Gasteiger charge is -2.08.